The van der Waals surface area contributed by atoms with Crippen molar-refractivity contribution in [1.82, 2.24) is 14.8 Å². The van der Waals surface area contributed by atoms with E-state index in [4.69, 9.17) is 0 Å². The van der Waals surface area contributed by atoms with Crippen LogP contribution in [-0.2, 0) is 13.1 Å². The van der Waals surface area contributed by atoms with Crippen molar-refractivity contribution in [1.29, 1.82) is 0 Å². The van der Waals surface area contributed by atoms with Gasteiger partial charge in [-0.3, -0.25) is 4.68 Å². The van der Waals surface area contributed by atoms with E-state index in [2.05, 4.69) is 41.5 Å². The standard InChI is InChI=1S/C14H20N4/c1-3-4-8-18-11-13(10-17-18)9-16-14-12(2)6-5-7-15-14/h5-7,10-11H,3-4,8-9H2,1-2H3,(H,15,16). The molecule has 2 heterocycles. The van der Waals surface area contributed by atoms with Crippen LogP contribution in [0.5, 0.6) is 0 Å². The highest BCUT2D eigenvalue weighted by atomic mass is 15.3. The average molecular weight is 244 g/mol. The minimum absolute atomic E-state index is 0.768. The number of hydrogen-bond donors (Lipinski definition) is 1. The van der Waals surface area contributed by atoms with Crippen LogP contribution in [-0.4, -0.2) is 14.8 Å². The zero-order valence-corrected chi connectivity index (χ0v) is 11.1. The summed E-state index contributed by atoms with van der Waals surface area (Å²) in [5.41, 5.74) is 2.35. The minimum atomic E-state index is 0.768. The van der Waals surface area contributed by atoms with Gasteiger partial charge in [-0.15, -0.1) is 0 Å². The number of nitrogens with zero attached hydrogens (tertiary/aromatic N) is 3. The van der Waals surface area contributed by atoms with E-state index in [0.717, 1.165) is 24.5 Å². The van der Waals surface area contributed by atoms with E-state index in [0.29, 0.717) is 0 Å². The van der Waals surface area contributed by atoms with Crippen LogP contribution < -0.4 is 5.32 Å². The van der Waals surface area contributed by atoms with Gasteiger partial charge in [-0.05, 0) is 25.0 Å². The first-order valence-corrected chi connectivity index (χ1v) is 6.46. The fourth-order valence-electron chi connectivity index (χ4n) is 1.80. The van der Waals surface area contributed by atoms with Crippen LogP contribution in [0, 0.1) is 6.92 Å². The number of aryl methyl sites for hydroxylation is 2. The highest BCUT2D eigenvalue weighted by molar-refractivity contribution is 5.42. The molecule has 4 nitrogen and oxygen atoms in total. The van der Waals surface area contributed by atoms with E-state index in [1.165, 1.54) is 18.4 Å². The van der Waals surface area contributed by atoms with Crippen LogP contribution in [0.2, 0.25) is 0 Å². The normalized spacial score (nSPS) is 10.6. The van der Waals surface area contributed by atoms with Gasteiger partial charge in [0.05, 0.1) is 6.20 Å². The van der Waals surface area contributed by atoms with E-state index in [-0.39, 0.29) is 0 Å². The Bertz CT molecular complexity index is 490. The highest BCUT2D eigenvalue weighted by Crippen LogP contribution is 2.11. The van der Waals surface area contributed by atoms with E-state index in [9.17, 15) is 0 Å². The molecule has 4 heteroatoms. The Hall–Kier alpha value is -1.84. The molecule has 96 valence electrons. The Labute approximate surface area is 108 Å². The maximum atomic E-state index is 4.34. The van der Waals surface area contributed by atoms with Gasteiger partial charge in [0.2, 0.25) is 0 Å². The molecule has 0 radical (unpaired) electrons. The summed E-state index contributed by atoms with van der Waals surface area (Å²) in [6.07, 6.45) is 8.19. The Balaban J connectivity index is 1.90. The Morgan fingerprint density at radius 1 is 1.39 bits per heavy atom. The maximum absolute atomic E-state index is 4.34. The number of rotatable bonds is 6. The molecule has 0 aliphatic heterocycles. The molecule has 2 aromatic rings. The van der Waals surface area contributed by atoms with Gasteiger partial charge in [-0.1, -0.05) is 19.4 Å². The third kappa shape index (κ3) is 3.32. The summed E-state index contributed by atoms with van der Waals surface area (Å²) in [6.45, 7) is 6.01. The van der Waals surface area contributed by atoms with Crippen molar-refractivity contribution >= 4 is 5.82 Å². The largest absolute Gasteiger partial charge is 0.366 e. The topological polar surface area (TPSA) is 42.7 Å². The minimum Gasteiger partial charge on any atom is -0.366 e. The van der Waals surface area contributed by atoms with Crippen LogP contribution in [0.25, 0.3) is 0 Å². The van der Waals surface area contributed by atoms with Crippen molar-refractivity contribution in [2.45, 2.75) is 39.8 Å². The third-order valence-electron chi connectivity index (χ3n) is 2.90. The van der Waals surface area contributed by atoms with Crippen molar-refractivity contribution < 1.29 is 0 Å². The van der Waals surface area contributed by atoms with Gasteiger partial charge in [0.25, 0.3) is 0 Å². The van der Waals surface area contributed by atoms with Crippen LogP contribution in [0.1, 0.15) is 30.9 Å². The summed E-state index contributed by atoms with van der Waals surface area (Å²) in [5, 5.41) is 7.68. The van der Waals surface area contributed by atoms with E-state index in [1.54, 1.807) is 6.20 Å². The van der Waals surface area contributed by atoms with Gasteiger partial charge in [0.15, 0.2) is 0 Å². The molecule has 0 saturated heterocycles. The van der Waals surface area contributed by atoms with Crippen LogP contribution >= 0.6 is 0 Å². The molecular weight excluding hydrogens is 224 g/mol. The van der Waals surface area contributed by atoms with Gasteiger partial charge in [0.1, 0.15) is 5.82 Å². The smallest absolute Gasteiger partial charge is 0.129 e. The Kier molecular flexibility index (Phi) is 4.34. The molecule has 0 bridgehead atoms. The first-order valence-electron chi connectivity index (χ1n) is 6.46. The predicted molar refractivity (Wildman–Crippen MR) is 73.4 cm³/mol. The summed E-state index contributed by atoms with van der Waals surface area (Å²) < 4.78 is 2.01. The van der Waals surface area contributed by atoms with Crippen LogP contribution in [0.4, 0.5) is 5.82 Å². The molecule has 0 unspecified atom stereocenters. The van der Waals surface area contributed by atoms with Gasteiger partial charge in [-0.25, -0.2) is 4.98 Å². The lowest BCUT2D eigenvalue weighted by Gasteiger charge is -2.06. The highest BCUT2D eigenvalue weighted by Gasteiger charge is 2.01. The van der Waals surface area contributed by atoms with E-state index >= 15 is 0 Å². The number of anilines is 1. The lowest BCUT2D eigenvalue weighted by Crippen LogP contribution is -2.02. The molecule has 1 N–H and O–H groups in total. The molecule has 0 aliphatic carbocycles. The zero-order chi connectivity index (χ0) is 12.8. The molecule has 0 spiro atoms. The summed E-state index contributed by atoms with van der Waals surface area (Å²) >= 11 is 0. The van der Waals surface area contributed by atoms with Gasteiger partial charge < -0.3 is 5.32 Å². The Morgan fingerprint density at radius 3 is 3.06 bits per heavy atom. The molecule has 0 saturated carbocycles. The van der Waals surface area contributed by atoms with Crippen molar-refractivity contribution in [3.63, 3.8) is 0 Å². The quantitative estimate of drug-likeness (QED) is 0.849. The second kappa shape index (κ2) is 6.19. The molecular formula is C14H20N4. The van der Waals surface area contributed by atoms with Crippen molar-refractivity contribution in [2.75, 3.05) is 5.32 Å². The van der Waals surface area contributed by atoms with Crippen LogP contribution in [0.15, 0.2) is 30.7 Å². The fourth-order valence-corrected chi connectivity index (χ4v) is 1.80. The molecule has 0 aliphatic rings. The summed E-state index contributed by atoms with van der Waals surface area (Å²) in [6, 6.07) is 4.00. The summed E-state index contributed by atoms with van der Waals surface area (Å²) in [7, 11) is 0. The maximum Gasteiger partial charge on any atom is 0.129 e. The average Bonchev–Trinajstić information content (AvgIpc) is 2.83. The fraction of sp³-hybridized carbons (Fsp3) is 0.429. The number of unbranched alkanes of at least 4 members (excludes halogenated alkanes) is 1. The van der Waals surface area contributed by atoms with Gasteiger partial charge >= 0.3 is 0 Å². The van der Waals surface area contributed by atoms with E-state index in [1.807, 2.05) is 16.9 Å². The summed E-state index contributed by atoms with van der Waals surface area (Å²) in [5.74, 6) is 0.943. The second-order valence-corrected chi connectivity index (χ2v) is 4.49. The predicted octanol–water partition coefficient (Wildman–Crippen LogP) is 3.00. The monoisotopic (exact) mass is 244 g/mol. The second-order valence-electron chi connectivity index (χ2n) is 4.49. The molecule has 2 rings (SSSR count). The van der Waals surface area contributed by atoms with Gasteiger partial charge in [0, 0.05) is 31.0 Å². The molecule has 0 fully saturated rings. The lowest BCUT2D eigenvalue weighted by atomic mass is 10.3. The van der Waals surface area contributed by atoms with Crippen molar-refractivity contribution in [2.24, 2.45) is 0 Å². The van der Waals surface area contributed by atoms with E-state index < -0.39 is 0 Å². The molecule has 18 heavy (non-hydrogen) atoms. The van der Waals surface area contributed by atoms with Crippen molar-refractivity contribution in [3.05, 3.63) is 41.9 Å². The third-order valence-corrected chi connectivity index (χ3v) is 2.90. The zero-order valence-electron chi connectivity index (χ0n) is 11.1. The number of hydrogen-bond acceptors (Lipinski definition) is 3. The molecule has 2 aromatic heterocycles. The first kappa shape index (κ1) is 12.6. The number of aromatic nitrogens is 3. The molecule has 0 atom stereocenters. The summed E-state index contributed by atoms with van der Waals surface area (Å²) in [4.78, 5) is 4.31. The number of nitrogens with one attached hydrogen (secondary N) is 1. The van der Waals surface area contributed by atoms with Crippen LogP contribution in [0.3, 0.4) is 0 Å². The number of pyridine rings is 1. The lowest BCUT2D eigenvalue weighted by molar-refractivity contribution is 0.571. The molecule has 0 aromatic carbocycles. The first-order chi connectivity index (χ1) is 8.79. The molecule has 0 amide bonds. The van der Waals surface area contributed by atoms with Gasteiger partial charge in [-0.2, -0.15) is 5.10 Å². The van der Waals surface area contributed by atoms with Crippen molar-refractivity contribution in [3.8, 4) is 0 Å². The SMILES string of the molecule is CCCCn1cc(CNc2ncccc2C)cn1. The Morgan fingerprint density at radius 2 is 2.28 bits per heavy atom.